The Balaban J connectivity index is 1.21. The van der Waals surface area contributed by atoms with Gasteiger partial charge in [-0.1, -0.05) is 12.1 Å². The van der Waals surface area contributed by atoms with Crippen molar-refractivity contribution >= 4 is 27.7 Å². The molecule has 2 heterocycles. The molecule has 7 nitrogen and oxygen atoms in total. The van der Waals surface area contributed by atoms with Gasteiger partial charge < -0.3 is 15.7 Å². The molecule has 2 aromatic rings. The molecular formula is C25H28BrF3N4O3. The normalized spacial score (nSPS) is 24.9. The van der Waals surface area contributed by atoms with Crippen molar-refractivity contribution in [2.45, 2.75) is 56.0 Å². The lowest BCUT2D eigenvalue weighted by Gasteiger charge is -2.39. The molecule has 1 atom stereocenters. The first-order valence-electron chi connectivity index (χ1n) is 11.9. The fourth-order valence-corrected chi connectivity index (χ4v) is 5.23. The average molecular weight is 569 g/mol. The van der Waals surface area contributed by atoms with Gasteiger partial charge in [0.15, 0.2) is 0 Å². The molecule has 1 aromatic carbocycles. The van der Waals surface area contributed by atoms with Crippen molar-refractivity contribution < 1.29 is 27.9 Å². The largest absolute Gasteiger partial charge is 0.416 e. The standard InChI is InChI=1S/C25H28BrF3N4O3/c26-21-5-4-18(13-30-21)24(36)9-6-20(7-10-24)33-11-8-19(15-33)32-22(34)14-31-23(35)16-2-1-3-17(12-16)25(27,28)29/h1-5,12-13,19-20,36H,6-11,14-15H2,(H,31,35)(H,32,34). The van der Waals surface area contributed by atoms with Gasteiger partial charge in [-0.05, 0) is 72.3 Å². The van der Waals surface area contributed by atoms with Crippen molar-refractivity contribution in [1.82, 2.24) is 20.5 Å². The van der Waals surface area contributed by atoms with E-state index in [4.69, 9.17) is 0 Å². The van der Waals surface area contributed by atoms with E-state index in [0.29, 0.717) is 25.4 Å². The summed E-state index contributed by atoms with van der Waals surface area (Å²) in [5, 5.41) is 16.4. The second-order valence-corrected chi connectivity index (χ2v) is 10.3. The van der Waals surface area contributed by atoms with Crippen LogP contribution in [0.1, 0.15) is 53.6 Å². The Bertz CT molecular complexity index is 1090. The molecule has 11 heteroatoms. The van der Waals surface area contributed by atoms with Gasteiger partial charge in [-0.15, -0.1) is 0 Å². The Kier molecular flexibility index (Phi) is 8.01. The number of amides is 2. The number of benzene rings is 1. The van der Waals surface area contributed by atoms with E-state index in [1.165, 1.54) is 6.07 Å². The van der Waals surface area contributed by atoms with Gasteiger partial charge in [0.25, 0.3) is 5.91 Å². The highest BCUT2D eigenvalue weighted by Crippen LogP contribution is 2.39. The molecule has 36 heavy (non-hydrogen) atoms. The molecule has 1 unspecified atom stereocenters. The van der Waals surface area contributed by atoms with Crippen LogP contribution in [-0.2, 0) is 16.6 Å². The highest BCUT2D eigenvalue weighted by molar-refractivity contribution is 9.10. The zero-order valence-corrected chi connectivity index (χ0v) is 21.1. The average Bonchev–Trinajstić information content (AvgIpc) is 3.31. The molecule has 1 saturated heterocycles. The molecule has 4 rings (SSSR count). The molecule has 2 aliphatic rings. The molecule has 194 valence electrons. The van der Waals surface area contributed by atoms with Crippen molar-refractivity contribution in [3.63, 3.8) is 0 Å². The number of nitrogens with one attached hydrogen (secondary N) is 2. The number of pyridine rings is 1. The van der Waals surface area contributed by atoms with Gasteiger partial charge in [-0.2, -0.15) is 13.2 Å². The quantitative estimate of drug-likeness (QED) is 0.463. The van der Waals surface area contributed by atoms with Crippen LogP contribution in [0, 0.1) is 0 Å². The first-order valence-corrected chi connectivity index (χ1v) is 12.7. The minimum atomic E-state index is -4.55. The maximum absolute atomic E-state index is 12.9. The van der Waals surface area contributed by atoms with Gasteiger partial charge in [-0.25, -0.2) is 4.98 Å². The summed E-state index contributed by atoms with van der Waals surface area (Å²) in [5.74, 6) is -1.12. The van der Waals surface area contributed by atoms with Gasteiger partial charge in [0.2, 0.25) is 5.91 Å². The van der Waals surface area contributed by atoms with Crippen LogP contribution >= 0.6 is 15.9 Å². The van der Waals surface area contributed by atoms with Crippen LogP contribution in [0.2, 0.25) is 0 Å². The van der Waals surface area contributed by atoms with E-state index in [-0.39, 0.29) is 24.1 Å². The van der Waals surface area contributed by atoms with Gasteiger partial charge in [0.05, 0.1) is 17.7 Å². The Morgan fingerprint density at radius 1 is 1.17 bits per heavy atom. The number of alkyl halides is 3. The van der Waals surface area contributed by atoms with Gasteiger partial charge in [0, 0.05) is 42.5 Å². The maximum atomic E-state index is 12.9. The predicted molar refractivity (Wildman–Crippen MR) is 130 cm³/mol. The lowest BCUT2D eigenvalue weighted by atomic mass is 9.78. The number of nitrogens with zero attached hydrogens (tertiary/aromatic N) is 2. The number of hydrogen-bond donors (Lipinski definition) is 3. The fraction of sp³-hybridized carbons (Fsp3) is 0.480. The van der Waals surface area contributed by atoms with Gasteiger partial charge in [-0.3, -0.25) is 14.5 Å². The number of carbonyl (C=O) groups is 2. The van der Waals surface area contributed by atoms with E-state index < -0.39 is 23.2 Å². The van der Waals surface area contributed by atoms with E-state index in [0.717, 1.165) is 54.2 Å². The summed E-state index contributed by atoms with van der Waals surface area (Å²) in [6.45, 7) is 1.18. The van der Waals surface area contributed by atoms with Crippen LogP contribution in [-0.4, -0.2) is 58.5 Å². The van der Waals surface area contributed by atoms with Crippen LogP contribution in [0.25, 0.3) is 0 Å². The van der Waals surface area contributed by atoms with Crippen LogP contribution in [0.15, 0.2) is 47.2 Å². The first-order chi connectivity index (χ1) is 17.0. The third kappa shape index (κ3) is 6.43. The lowest BCUT2D eigenvalue weighted by Crippen LogP contribution is -2.45. The smallest absolute Gasteiger partial charge is 0.385 e. The van der Waals surface area contributed by atoms with Crippen LogP contribution in [0.3, 0.4) is 0 Å². The van der Waals surface area contributed by atoms with Crippen LogP contribution < -0.4 is 10.6 Å². The summed E-state index contributed by atoms with van der Waals surface area (Å²) in [6, 6.07) is 8.05. The first kappa shape index (κ1) is 26.6. The second-order valence-electron chi connectivity index (χ2n) is 9.44. The summed E-state index contributed by atoms with van der Waals surface area (Å²) < 4.78 is 39.3. The molecular weight excluding hydrogens is 541 g/mol. The van der Waals surface area contributed by atoms with Crippen LogP contribution in [0.5, 0.6) is 0 Å². The monoisotopic (exact) mass is 568 g/mol. The minimum absolute atomic E-state index is 0.0700. The Morgan fingerprint density at radius 3 is 2.58 bits per heavy atom. The molecule has 1 aromatic heterocycles. The maximum Gasteiger partial charge on any atom is 0.416 e. The topological polar surface area (TPSA) is 94.6 Å². The molecule has 0 radical (unpaired) electrons. The van der Waals surface area contributed by atoms with Crippen molar-refractivity contribution in [1.29, 1.82) is 0 Å². The third-order valence-corrected chi connectivity index (χ3v) is 7.48. The molecule has 3 N–H and O–H groups in total. The number of hydrogen-bond acceptors (Lipinski definition) is 5. The zero-order valence-electron chi connectivity index (χ0n) is 19.5. The highest BCUT2D eigenvalue weighted by Gasteiger charge is 2.39. The summed E-state index contributed by atoms with van der Waals surface area (Å²) in [5.41, 5.74) is -1.13. The highest BCUT2D eigenvalue weighted by atomic mass is 79.9. The SMILES string of the molecule is O=C(CNC(=O)c1cccc(C(F)(F)F)c1)NC1CCN(C2CCC(O)(c3ccc(Br)nc3)CC2)C1. The lowest BCUT2D eigenvalue weighted by molar-refractivity contribution is -0.137. The fourth-order valence-electron chi connectivity index (χ4n) is 5.00. The van der Waals surface area contributed by atoms with Gasteiger partial charge in [0.1, 0.15) is 4.60 Å². The number of aliphatic hydroxyl groups is 1. The van der Waals surface area contributed by atoms with Crippen molar-refractivity contribution in [2.24, 2.45) is 0 Å². The molecule has 2 fully saturated rings. The number of carbonyl (C=O) groups excluding carboxylic acids is 2. The predicted octanol–water partition coefficient (Wildman–Crippen LogP) is 3.61. The molecule has 2 amide bonds. The third-order valence-electron chi connectivity index (χ3n) is 7.01. The molecule has 1 aliphatic heterocycles. The summed E-state index contributed by atoms with van der Waals surface area (Å²) in [7, 11) is 0. The summed E-state index contributed by atoms with van der Waals surface area (Å²) >= 11 is 3.31. The minimum Gasteiger partial charge on any atom is -0.385 e. The van der Waals surface area contributed by atoms with Crippen molar-refractivity contribution in [3.05, 3.63) is 63.9 Å². The Labute approximate surface area is 215 Å². The summed E-state index contributed by atoms with van der Waals surface area (Å²) in [6.07, 6.45) is 0.865. The zero-order chi connectivity index (χ0) is 25.9. The van der Waals surface area contributed by atoms with Crippen molar-refractivity contribution in [3.8, 4) is 0 Å². The molecule has 0 spiro atoms. The number of rotatable bonds is 6. The van der Waals surface area contributed by atoms with E-state index in [9.17, 15) is 27.9 Å². The van der Waals surface area contributed by atoms with E-state index in [1.54, 1.807) is 6.20 Å². The Hall–Kier alpha value is -2.50. The number of halogens is 4. The number of aromatic nitrogens is 1. The molecule has 0 bridgehead atoms. The second kappa shape index (κ2) is 10.9. The van der Waals surface area contributed by atoms with E-state index >= 15 is 0 Å². The molecule has 1 saturated carbocycles. The summed E-state index contributed by atoms with van der Waals surface area (Å²) in [4.78, 5) is 31.1. The van der Waals surface area contributed by atoms with Gasteiger partial charge >= 0.3 is 6.18 Å². The molecule has 1 aliphatic carbocycles. The van der Waals surface area contributed by atoms with E-state index in [2.05, 4.69) is 36.4 Å². The van der Waals surface area contributed by atoms with Crippen LogP contribution in [0.4, 0.5) is 13.2 Å². The number of likely N-dealkylation sites (tertiary alicyclic amines) is 1. The van der Waals surface area contributed by atoms with E-state index in [1.807, 2.05) is 12.1 Å². The Morgan fingerprint density at radius 2 is 1.92 bits per heavy atom. The van der Waals surface area contributed by atoms with Crippen molar-refractivity contribution in [2.75, 3.05) is 19.6 Å².